The van der Waals surface area contributed by atoms with Gasteiger partial charge in [-0.1, -0.05) is 404 Å². The Kier molecular flexibility index (Phi) is 38.0. The van der Waals surface area contributed by atoms with Gasteiger partial charge in [-0.05, 0) is 85.2 Å². The summed E-state index contributed by atoms with van der Waals surface area (Å²) in [7, 11) is 0. The lowest BCUT2D eigenvalue weighted by Crippen LogP contribution is -2.21. The first-order valence-corrected chi connectivity index (χ1v) is 44.7. The molecule has 8 aromatic heterocycles. The van der Waals surface area contributed by atoms with Crippen molar-refractivity contribution in [2.75, 3.05) is 0 Å². The van der Waals surface area contributed by atoms with Gasteiger partial charge in [0.25, 0.3) is 0 Å². The third-order valence-corrected chi connectivity index (χ3v) is 20.2. The molecule has 0 spiro atoms. The summed E-state index contributed by atoms with van der Waals surface area (Å²) >= 11 is 0. The second-order valence-electron chi connectivity index (χ2n) is 52.0. The van der Waals surface area contributed by atoms with Gasteiger partial charge in [-0.2, -0.15) is 30.7 Å². The molecule has 0 aliphatic rings. The van der Waals surface area contributed by atoms with Crippen LogP contribution in [0.2, 0.25) is 0 Å². The maximum Gasteiger partial charge on any atom is 0.133 e. The lowest BCUT2D eigenvalue weighted by atomic mass is 9.82. The predicted octanol–water partition coefficient (Wildman–Crippen LogP) is 29.2. The van der Waals surface area contributed by atoms with Crippen molar-refractivity contribution >= 4 is 0 Å². The Morgan fingerprint density at radius 1 is 0.205 bits per heavy atom. The molecule has 0 aliphatic carbocycles. The van der Waals surface area contributed by atoms with Crippen molar-refractivity contribution in [3.05, 3.63) is 206 Å². The van der Waals surface area contributed by atoms with Gasteiger partial charge in [-0.3, -0.25) is 20.1 Å². The summed E-state index contributed by atoms with van der Waals surface area (Å²) in [4.78, 5) is 33.4. The number of hydrogen-bond acceptors (Lipinski definition) is 11. The van der Waals surface area contributed by atoms with Crippen molar-refractivity contribution in [1.29, 1.82) is 0 Å². The molecule has 0 fully saturated rings. The van der Waals surface area contributed by atoms with Crippen LogP contribution in [0.4, 0.5) is 0 Å². The van der Waals surface area contributed by atoms with Crippen molar-refractivity contribution in [2.24, 2.45) is 0 Å². The Balaban J connectivity index is 0.000000686. The van der Waals surface area contributed by atoms with E-state index in [1.54, 1.807) is 0 Å². The van der Waals surface area contributed by atoms with Crippen LogP contribution in [0.3, 0.4) is 0 Å². The fraction of sp³-hybridized carbons (Fsp3) is 0.673. The van der Waals surface area contributed by atoms with Gasteiger partial charge in [0, 0.05) is 137 Å². The molecule has 15 heteroatoms. The molecule has 0 unspecified atom stereocenters. The zero-order valence-electron chi connectivity index (χ0n) is 88.7. The third-order valence-electron chi connectivity index (χ3n) is 20.2. The highest BCUT2D eigenvalue weighted by atomic mass is 15.3. The number of pyridine rings is 1. The van der Waals surface area contributed by atoms with Crippen LogP contribution >= 0.6 is 0 Å². The van der Waals surface area contributed by atoms with E-state index in [0.29, 0.717) is 0 Å². The molecule has 0 bridgehead atoms. The van der Waals surface area contributed by atoms with Crippen molar-refractivity contribution in [3.63, 3.8) is 0 Å². The number of imidazole rings is 1. The predicted molar refractivity (Wildman–Crippen MR) is 528 cm³/mol. The van der Waals surface area contributed by atoms with Crippen molar-refractivity contribution in [3.8, 4) is 0 Å². The minimum absolute atomic E-state index is 0.0381. The summed E-state index contributed by atoms with van der Waals surface area (Å²) in [6.45, 7) is 118. The summed E-state index contributed by atoms with van der Waals surface area (Å²) in [5.74, 6) is 1.97. The van der Waals surface area contributed by atoms with Gasteiger partial charge in [0.15, 0.2) is 0 Å². The molecule has 686 valence electrons. The molecule has 0 atom stereocenters. The minimum atomic E-state index is 0.0381. The Hall–Kier alpha value is -7.55. The number of rotatable bonds is 0. The van der Waals surface area contributed by atoms with Gasteiger partial charge in [0.2, 0.25) is 0 Å². The smallest absolute Gasteiger partial charge is 0.133 e. The zero-order valence-corrected chi connectivity index (χ0v) is 88.7. The molecule has 1 aromatic carbocycles. The summed E-state index contributed by atoms with van der Waals surface area (Å²) in [6.07, 6.45) is 13.7. The van der Waals surface area contributed by atoms with Gasteiger partial charge >= 0.3 is 0 Å². The highest BCUT2D eigenvalue weighted by Crippen LogP contribution is 2.35. The summed E-state index contributed by atoms with van der Waals surface area (Å²) in [5.41, 5.74) is 21.6. The molecule has 9 aromatic rings. The fourth-order valence-electron chi connectivity index (χ4n) is 10.8. The SMILES string of the molecule is CC(C)(C)c1c[nH]c(C(C)(C)C)c1.CC(C)(C)c1cc(C(C)(C)C)[nH]n1.CC(C)(C)c1ccc(C(C)(C)C)cc1.CC(C)(C)c1ccc(C(C)(C)C)nc1.CC(C)(C)c1ccc(C(C)(C)C)nn1.CC(C)(C)c1cnc(C(C)(C)C)[nH]1.CC(C)(C)c1cnc(C(C)(C)C)cn1.CC(C)(C)c1cnc(C(C)(C)C)nc1.CC(C)(C)c1n[nH]nc1C(C)(C)C. The van der Waals surface area contributed by atoms with Crippen LogP contribution in [0.15, 0.2) is 104 Å². The number of nitrogens with one attached hydrogen (secondary N) is 4. The van der Waals surface area contributed by atoms with Crippen molar-refractivity contribution in [1.82, 2.24) is 75.7 Å². The second kappa shape index (κ2) is 41.3. The maximum atomic E-state index is 4.52. The molecule has 0 saturated carbocycles. The van der Waals surface area contributed by atoms with Crippen molar-refractivity contribution < 1.29 is 0 Å². The van der Waals surface area contributed by atoms with Gasteiger partial charge in [-0.15, -0.1) is 0 Å². The molecule has 4 N–H and O–H groups in total. The number of hydrogen-bond donors (Lipinski definition) is 4. The Labute approximate surface area is 748 Å². The van der Waals surface area contributed by atoms with E-state index in [0.717, 1.165) is 57.2 Å². The number of H-pyrrole nitrogens is 4. The first kappa shape index (κ1) is 112. The molecular formula is C107H183N15. The van der Waals surface area contributed by atoms with Gasteiger partial charge in [0.1, 0.15) is 11.6 Å². The molecular weight excluding hydrogens is 1500 g/mol. The quantitative estimate of drug-likeness (QED) is 0.112. The monoisotopic (exact) mass is 1680 g/mol. The largest absolute Gasteiger partial charge is 0.364 e. The molecule has 0 aliphatic heterocycles. The van der Waals surface area contributed by atoms with Crippen LogP contribution in [0.5, 0.6) is 0 Å². The molecule has 9 rings (SSSR count). The number of aromatic amines is 4. The molecule has 0 radical (unpaired) electrons. The average Bonchev–Trinajstić information content (AvgIpc) is 1.69. The minimum Gasteiger partial charge on any atom is -0.364 e. The van der Waals surface area contributed by atoms with Crippen LogP contribution in [0, 0.1) is 0 Å². The number of benzene rings is 1. The second-order valence-corrected chi connectivity index (χ2v) is 52.0. The van der Waals surface area contributed by atoms with Gasteiger partial charge in [0.05, 0.1) is 39.9 Å². The lowest BCUT2D eigenvalue weighted by molar-refractivity contribution is 0.512. The molecule has 0 amide bonds. The first-order valence-electron chi connectivity index (χ1n) is 44.7. The molecule has 122 heavy (non-hydrogen) atoms. The van der Waals surface area contributed by atoms with Crippen LogP contribution in [0.1, 0.15) is 476 Å². The lowest BCUT2D eigenvalue weighted by Gasteiger charge is -2.23. The summed E-state index contributed by atoms with van der Waals surface area (Å²) in [6, 6.07) is 21.9. The van der Waals surface area contributed by atoms with E-state index >= 15 is 0 Å². The summed E-state index contributed by atoms with van der Waals surface area (Å²) < 4.78 is 0. The number of aromatic nitrogens is 15. The van der Waals surface area contributed by atoms with Crippen molar-refractivity contribution in [2.45, 2.75) is 471 Å². The Morgan fingerprint density at radius 3 is 0.730 bits per heavy atom. The van der Waals surface area contributed by atoms with E-state index in [1.807, 2.05) is 37.2 Å². The molecule has 15 nitrogen and oxygen atoms in total. The average molecular weight is 1680 g/mol. The first-order chi connectivity index (χ1) is 53.9. The topological polar surface area (TPSA) is 205 Å². The highest BCUT2D eigenvalue weighted by Gasteiger charge is 2.31. The fourth-order valence-corrected chi connectivity index (χ4v) is 10.8. The number of nitrogens with zero attached hydrogens (tertiary/aromatic N) is 11. The highest BCUT2D eigenvalue weighted by molar-refractivity contribution is 5.33. The maximum absolute atomic E-state index is 4.52. The van der Waals surface area contributed by atoms with E-state index in [9.17, 15) is 0 Å². The van der Waals surface area contributed by atoms with E-state index in [2.05, 4.69) is 516 Å². The van der Waals surface area contributed by atoms with Crippen LogP contribution in [-0.2, 0) is 97.5 Å². The van der Waals surface area contributed by atoms with E-state index in [1.165, 1.54) is 44.9 Å². The van der Waals surface area contributed by atoms with Crippen LogP contribution in [0.25, 0.3) is 0 Å². The Morgan fingerprint density at radius 2 is 0.516 bits per heavy atom. The summed E-state index contributed by atoms with van der Waals surface area (Å²) in [5, 5.41) is 27.1. The molecule has 0 saturated heterocycles. The van der Waals surface area contributed by atoms with Crippen LogP contribution < -0.4 is 0 Å². The third kappa shape index (κ3) is 39.8. The standard InChI is InChI=1S/C14H22.C13H21N.3C12H20N2.C12H21N.2C11H20N2.C10H19N3/c1-13(2,3)11-7-9-12(10-8-11)14(4,5)6;1-12(2,3)10-7-8-11(14-9-10)13(4,5)6;1-11(2,3)9-7-14-10(8-13-9)12(4,5)6;1-11(2,3)9-7-13-10(14-8-9)12(4,5)6;1-11(2,3)9-7-8-10(14-13-9)12(4,5)6;1-11(2,3)9-7-10(13-8-9)12(4,5)6;1-10(2,3)8-7-12-9(13-8)11(4,5)6;1-10(2,3)8-7-9(13-12-8)11(4,5)6;1-9(2,3)7-8(10(4,5)6)12-13-11-7/h7-10H,1-6H3;7-9H,1-6H3;3*7-8H,1-6H3;7-8,13H,1-6H3;2*7H,1-6H3,(H,12,13);1-6H3,(H,11,12,13). The van der Waals surface area contributed by atoms with Crippen LogP contribution in [-0.4, -0.2) is 75.7 Å². The van der Waals surface area contributed by atoms with E-state index in [-0.39, 0.29) is 97.5 Å². The van der Waals surface area contributed by atoms with E-state index in [4.69, 9.17) is 0 Å². The van der Waals surface area contributed by atoms with E-state index < -0.39 is 0 Å². The van der Waals surface area contributed by atoms with Gasteiger partial charge in [-0.25, -0.2) is 15.0 Å². The Bertz CT molecular complexity index is 3660. The molecule has 8 heterocycles. The van der Waals surface area contributed by atoms with Gasteiger partial charge < -0.3 is 9.97 Å². The zero-order chi connectivity index (χ0) is 96.0. The normalized spacial score (nSPS) is 13.2.